The molecule has 132 valence electrons. The number of hydrogen-bond acceptors (Lipinski definition) is 3. The summed E-state index contributed by atoms with van der Waals surface area (Å²) in [4.78, 5) is 18.1. The third-order valence-corrected chi connectivity index (χ3v) is 6.24. The normalized spacial score (nSPS) is 27.6. The van der Waals surface area contributed by atoms with Gasteiger partial charge in [0.1, 0.15) is 0 Å². The van der Waals surface area contributed by atoms with E-state index in [1.807, 2.05) is 13.1 Å². The molecule has 1 amide bonds. The lowest BCUT2D eigenvalue weighted by atomic mass is 9.71. The molecule has 24 heavy (non-hydrogen) atoms. The van der Waals surface area contributed by atoms with Crippen LogP contribution in [-0.4, -0.2) is 61.5 Å². The van der Waals surface area contributed by atoms with Crippen LogP contribution in [0.3, 0.4) is 0 Å². The summed E-state index contributed by atoms with van der Waals surface area (Å²) in [5.41, 5.74) is 0.831. The Morgan fingerprint density at radius 3 is 2.54 bits per heavy atom. The highest BCUT2D eigenvalue weighted by atomic mass is 16.2. The second-order valence-corrected chi connectivity index (χ2v) is 7.62. The summed E-state index contributed by atoms with van der Waals surface area (Å²) in [6, 6.07) is 11.3. The van der Waals surface area contributed by atoms with Crippen LogP contribution < -0.4 is 5.32 Å². The van der Waals surface area contributed by atoms with Crippen molar-refractivity contribution in [2.45, 2.75) is 50.1 Å². The van der Waals surface area contributed by atoms with Gasteiger partial charge in [-0.15, -0.1) is 0 Å². The number of amides is 1. The summed E-state index contributed by atoms with van der Waals surface area (Å²) in [6.07, 6.45) is 3.93. The van der Waals surface area contributed by atoms with Gasteiger partial charge in [-0.2, -0.15) is 0 Å². The number of carbonyl (C=O) groups is 1. The van der Waals surface area contributed by atoms with Crippen molar-refractivity contribution in [1.82, 2.24) is 15.1 Å². The molecule has 2 fully saturated rings. The third kappa shape index (κ3) is 3.22. The van der Waals surface area contributed by atoms with E-state index in [9.17, 15) is 4.79 Å². The van der Waals surface area contributed by atoms with Gasteiger partial charge in [-0.05, 0) is 58.3 Å². The molecule has 4 nitrogen and oxygen atoms in total. The molecule has 2 atom stereocenters. The van der Waals surface area contributed by atoms with Crippen LogP contribution in [0.5, 0.6) is 0 Å². The highest BCUT2D eigenvalue weighted by Crippen LogP contribution is 2.36. The van der Waals surface area contributed by atoms with E-state index in [4.69, 9.17) is 0 Å². The fourth-order valence-corrected chi connectivity index (χ4v) is 4.36. The zero-order valence-corrected chi connectivity index (χ0v) is 15.3. The van der Waals surface area contributed by atoms with E-state index < -0.39 is 0 Å². The molecule has 0 radical (unpaired) electrons. The molecule has 1 aromatic carbocycles. The van der Waals surface area contributed by atoms with Gasteiger partial charge in [-0.1, -0.05) is 30.3 Å². The van der Waals surface area contributed by atoms with E-state index in [1.54, 1.807) is 0 Å². The number of hydrogen-bond donors (Lipinski definition) is 1. The van der Waals surface area contributed by atoms with Gasteiger partial charge < -0.3 is 15.1 Å². The predicted octanol–water partition coefficient (Wildman–Crippen LogP) is 2.25. The second kappa shape index (κ2) is 7.24. The average molecular weight is 329 g/mol. The van der Waals surface area contributed by atoms with Gasteiger partial charge in [0, 0.05) is 25.7 Å². The lowest BCUT2D eigenvalue weighted by Crippen LogP contribution is -2.56. The Morgan fingerprint density at radius 1 is 1.25 bits per heavy atom. The molecule has 2 heterocycles. The lowest BCUT2D eigenvalue weighted by molar-refractivity contribution is -0.140. The van der Waals surface area contributed by atoms with Gasteiger partial charge in [0.15, 0.2) is 0 Å². The van der Waals surface area contributed by atoms with Gasteiger partial charge >= 0.3 is 0 Å². The van der Waals surface area contributed by atoms with Crippen molar-refractivity contribution in [2.24, 2.45) is 0 Å². The maximum Gasteiger partial charge on any atom is 0.233 e. The maximum absolute atomic E-state index is 13.6. The molecule has 0 aromatic heterocycles. The number of carbonyl (C=O) groups excluding carboxylic acids is 1. The monoisotopic (exact) mass is 329 g/mol. The Bertz CT molecular complexity index is 553. The Morgan fingerprint density at radius 2 is 1.92 bits per heavy atom. The standard InChI is InChI=1S/C20H31N3O/c1-16-15-18(9-14-22(16)2)23(3)19(24)20(10-12-21-13-11-20)17-7-5-4-6-8-17/h4-8,16,18,21H,9-15H2,1-3H3. The Balaban J connectivity index is 1.84. The van der Waals surface area contributed by atoms with Gasteiger partial charge in [-0.3, -0.25) is 4.79 Å². The van der Waals surface area contributed by atoms with Crippen LogP contribution in [0.4, 0.5) is 0 Å². The molecule has 2 aliphatic rings. The van der Waals surface area contributed by atoms with E-state index in [-0.39, 0.29) is 5.41 Å². The van der Waals surface area contributed by atoms with Crippen molar-refractivity contribution in [3.05, 3.63) is 35.9 Å². The van der Waals surface area contributed by atoms with E-state index in [0.717, 1.165) is 45.3 Å². The summed E-state index contributed by atoms with van der Waals surface area (Å²) in [7, 11) is 4.21. The first-order valence-electron chi connectivity index (χ1n) is 9.28. The van der Waals surface area contributed by atoms with Crippen molar-refractivity contribution in [3.8, 4) is 0 Å². The van der Waals surface area contributed by atoms with E-state index in [2.05, 4.69) is 53.4 Å². The van der Waals surface area contributed by atoms with Gasteiger partial charge in [0.25, 0.3) is 0 Å². The Kier molecular flexibility index (Phi) is 5.26. The number of nitrogens with zero attached hydrogens (tertiary/aromatic N) is 2. The molecule has 4 heteroatoms. The molecule has 3 rings (SSSR count). The van der Waals surface area contributed by atoms with Crippen LogP contribution in [-0.2, 0) is 10.2 Å². The molecule has 2 saturated heterocycles. The van der Waals surface area contributed by atoms with Crippen LogP contribution >= 0.6 is 0 Å². The van der Waals surface area contributed by atoms with Crippen LogP contribution in [0, 0.1) is 0 Å². The van der Waals surface area contributed by atoms with Crippen LogP contribution in [0.25, 0.3) is 0 Å². The number of piperidine rings is 2. The SMILES string of the molecule is CC1CC(N(C)C(=O)C2(c3ccccc3)CCNCC2)CCN1C. The molecule has 0 bridgehead atoms. The molecule has 0 saturated carbocycles. The van der Waals surface area contributed by atoms with Crippen LogP contribution in [0.1, 0.15) is 38.2 Å². The molecular formula is C20H31N3O. The number of nitrogens with one attached hydrogen (secondary N) is 1. The first-order valence-corrected chi connectivity index (χ1v) is 9.28. The van der Waals surface area contributed by atoms with E-state index in [0.29, 0.717) is 18.0 Å². The molecular weight excluding hydrogens is 298 g/mol. The largest absolute Gasteiger partial charge is 0.342 e. The van der Waals surface area contributed by atoms with Crippen LogP contribution in [0.2, 0.25) is 0 Å². The average Bonchev–Trinajstić information content (AvgIpc) is 2.64. The Labute approximate surface area is 146 Å². The summed E-state index contributed by atoms with van der Waals surface area (Å²) in [6.45, 7) is 5.17. The minimum atomic E-state index is -0.353. The van der Waals surface area contributed by atoms with E-state index >= 15 is 0 Å². The number of rotatable bonds is 3. The zero-order chi connectivity index (χ0) is 17.2. The fourth-order valence-electron chi connectivity index (χ4n) is 4.36. The van der Waals surface area contributed by atoms with Crippen molar-refractivity contribution >= 4 is 5.91 Å². The molecule has 2 unspecified atom stereocenters. The molecule has 1 N–H and O–H groups in total. The quantitative estimate of drug-likeness (QED) is 0.924. The summed E-state index contributed by atoms with van der Waals surface area (Å²) in [5, 5.41) is 3.42. The number of benzene rings is 1. The topological polar surface area (TPSA) is 35.6 Å². The highest BCUT2D eigenvalue weighted by molar-refractivity contribution is 5.88. The molecule has 0 aliphatic carbocycles. The smallest absolute Gasteiger partial charge is 0.233 e. The minimum absolute atomic E-state index is 0.317. The predicted molar refractivity (Wildman–Crippen MR) is 98.1 cm³/mol. The number of likely N-dealkylation sites (tertiary alicyclic amines) is 1. The van der Waals surface area contributed by atoms with Gasteiger partial charge in [0.05, 0.1) is 5.41 Å². The second-order valence-electron chi connectivity index (χ2n) is 7.62. The Hall–Kier alpha value is -1.39. The van der Waals surface area contributed by atoms with Crippen molar-refractivity contribution in [1.29, 1.82) is 0 Å². The van der Waals surface area contributed by atoms with E-state index in [1.165, 1.54) is 5.56 Å². The first-order chi connectivity index (χ1) is 11.5. The van der Waals surface area contributed by atoms with Crippen molar-refractivity contribution in [3.63, 3.8) is 0 Å². The zero-order valence-electron chi connectivity index (χ0n) is 15.3. The van der Waals surface area contributed by atoms with Gasteiger partial charge in [-0.25, -0.2) is 0 Å². The van der Waals surface area contributed by atoms with Gasteiger partial charge in [0.2, 0.25) is 5.91 Å². The summed E-state index contributed by atoms with van der Waals surface area (Å²) >= 11 is 0. The minimum Gasteiger partial charge on any atom is -0.342 e. The maximum atomic E-state index is 13.6. The van der Waals surface area contributed by atoms with Crippen molar-refractivity contribution < 1.29 is 4.79 Å². The summed E-state index contributed by atoms with van der Waals surface area (Å²) < 4.78 is 0. The lowest BCUT2D eigenvalue weighted by Gasteiger charge is -2.44. The van der Waals surface area contributed by atoms with Crippen molar-refractivity contribution in [2.75, 3.05) is 33.7 Å². The molecule has 0 spiro atoms. The highest BCUT2D eigenvalue weighted by Gasteiger charge is 2.44. The molecule has 2 aliphatic heterocycles. The summed E-state index contributed by atoms with van der Waals surface area (Å²) in [5.74, 6) is 0.317. The number of likely N-dealkylation sites (N-methyl/N-ethyl adjacent to an activating group) is 1. The third-order valence-electron chi connectivity index (χ3n) is 6.24. The first kappa shape index (κ1) is 17.4. The molecule has 1 aromatic rings. The van der Waals surface area contributed by atoms with Crippen LogP contribution in [0.15, 0.2) is 30.3 Å². The fraction of sp³-hybridized carbons (Fsp3) is 0.650.